The Balaban J connectivity index is 2.49. The molecule has 0 amide bonds. The Kier molecular flexibility index (Phi) is 4.95. The second-order valence-electron chi connectivity index (χ2n) is 5.05. The zero-order valence-corrected chi connectivity index (χ0v) is 13.6. The molecule has 20 heavy (non-hydrogen) atoms. The van der Waals surface area contributed by atoms with Crippen LogP contribution in [0.25, 0.3) is 0 Å². The second-order valence-corrected chi connectivity index (χ2v) is 5.97. The fraction of sp³-hybridized carbons (Fsp3) is 0.294. The fourth-order valence-electron chi connectivity index (χ4n) is 2.51. The van der Waals surface area contributed by atoms with Crippen LogP contribution in [0.1, 0.15) is 35.2 Å². The topological polar surface area (TPSA) is 12.0 Å². The Morgan fingerprint density at radius 1 is 1.15 bits per heavy atom. The number of rotatable bonds is 4. The summed E-state index contributed by atoms with van der Waals surface area (Å²) < 4.78 is 14.7. The highest BCUT2D eigenvalue weighted by Crippen LogP contribution is 2.28. The summed E-state index contributed by atoms with van der Waals surface area (Å²) in [6.07, 6.45) is 0. The highest BCUT2D eigenvalue weighted by Gasteiger charge is 2.16. The van der Waals surface area contributed by atoms with E-state index in [-0.39, 0.29) is 11.9 Å². The first kappa shape index (κ1) is 15.2. The molecule has 0 heterocycles. The van der Waals surface area contributed by atoms with Gasteiger partial charge in [0.05, 0.1) is 6.04 Å². The first-order chi connectivity index (χ1) is 9.51. The summed E-state index contributed by atoms with van der Waals surface area (Å²) in [5.41, 5.74) is 4.28. The molecule has 1 nitrogen and oxygen atoms in total. The van der Waals surface area contributed by atoms with Crippen molar-refractivity contribution in [3.63, 3.8) is 0 Å². The number of nitrogens with one attached hydrogen (secondary N) is 1. The van der Waals surface area contributed by atoms with Crippen molar-refractivity contribution >= 4 is 15.9 Å². The van der Waals surface area contributed by atoms with E-state index in [9.17, 15) is 4.39 Å². The maximum absolute atomic E-state index is 13.7. The van der Waals surface area contributed by atoms with Gasteiger partial charge in [-0.1, -0.05) is 35.0 Å². The summed E-state index contributed by atoms with van der Waals surface area (Å²) in [6.45, 7) is 6.89. The van der Waals surface area contributed by atoms with E-state index in [0.717, 1.165) is 22.1 Å². The minimum atomic E-state index is -0.183. The molecule has 0 spiro atoms. The Hall–Kier alpha value is -1.19. The molecule has 0 fully saturated rings. The molecule has 1 atom stereocenters. The average molecular weight is 336 g/mol. The normalized spacial score (nSPS) is 12.4. The molecule has 106 valence electrons. The molecule has 0 aliphatic carbocycles. The van der Waals surface area contributed by atoms with Gasteiger partial charge < -0.3 is 5.32 Å². The van der Waals surface area contributed by atoms with Gasteiger partial charge in [0.15, 0.2) is 0 Å². The van der Waals surface area contributed by atoms with Crippen molar-refractivity contribution < 1.29 is 4.39 Å². The molecule has 1 unspecified atom stereocenters. The highest BCUT2D eigenvalue weighted by atomic mass is 79.9. The summed E-state index contributed by atoms with van der Waals surface area (Å²) in [5, 5.41) is 3.45. The second kappa shape index (κ2) is 6.51. The highest BCUT2D eigenvalue weighted by molar-refractivity contribution is 9.10. The van der Waals surface area contributed by atoms with Gasteiger partial charge in [-0.15, -0.1) is 0 Å². The maximum Gasteiger partial charge on any atom is 0.123 e. The van der Waals surface area contributed by atoms with Crippen LogP contribution in [0.4, 0.5) is 4.39 Å². The van der Waals surface area contributed by atoms with E-state index >= 15 is 0 Å². The summed E-state index contributed by atoms with van der Waals surface area (Å²) in [5.74, 6) is -0.183. The average Bonchev–Trinajstić information content (AvgIpc) is 2.35. The monoisotopic (exact) mass is 335 g/mol. The number of hydrogen-bond donors (Lipinski definition) is 1. The van der Waals surface area contributed by atoms with Crippen molar-refractivity contribution in [1.29, 1.82) is 0 Å². The molecule has 0 bridgehead atoms. The van der Waals surface area contributed by atoms with Crippen LogP contribution in [0.2, 0.25) is 0 Å². The van der Waals surface area contributed by atoms with Crippen LogP contribution in [-0.4, -0.2) is 6.54 Å². The number of aryl methyl sites for hydroxylation is 2. The van der Waals surface area contributed by atoms with Gasteiger partial charge in [0, 0.05) is 4.47 Å². The van der Waals surface area contributed by atoms with Gasteiger partial charge in [-0.25, -0.2) is 4.39 Å². The first-order valence-electron chi connectivity index (χ1n) is 6.77. The number of halogens is 2. The van der Waals surface area contributed by atoms with Crippen LogP contribution in [0, 0.1) is 19.7 Å². The molecular formula is C17H19BrFN. The quantitative estimate of drug-likeness (QED) is 0.837. The SMILES string of the molecule is CCNC(c1cc(C)cc(F)c1)c1ccc(Br)cc1C. The summed E-state index contributed by atoms with van der Waals surface area (Å²) in [6, 6.07) is 11.4. The van der Waals surface area contributed by atoms with E-state index in [1.807, 2.05) is 19.1 Å². The Morgan fingerprint density at radius 2 is 1.90 bits per heavy atom. The summed E-state index contributed by atoms with van der Waals surface area (Å²) in [4.78, 5) is 0. The molecule has 0 aromatic heterocycles. The van der Waals surface area contributed by atoms with E-state index < -0.39 is 0 Å². The predicted octanol–water partition coefficient (Wildman–Crippen LogP) is 4.90. The lowest BCUT2D eigenvalue weighted by Crippen LogP contribution is -2.23. The first-order valence-corrected chi connectivity index (χ1v) is 7.57. The fourth-order valence-corrected chi connectivity index (χ4v) is 2.98. The lowest BCUT2D eigenvalue weighted by molar-refractivity contribution is 0.600. The van der Waals surface area contributed by atoms with Crippen LogP contribution in [0.3, 0.4) is 0 Å². The van der Waals surface area contributed by atoms with Crippen LogP contribution < -0.4 is 5.32 Å². The van der Waals surface area contributed by atoms with E-state index in [1.165, 1.54) is 11.1 Å². The molecular weight excluding hydrogens is 317 g/mol. The van der Waals surface area contributed by atoms with Crippen molar-refractivity contribution in [1.82, 2.24) is 5.32 Å². The van der Waals surface area contributed by atoms with Gasteiger partial charge in [-0.05, 0) is 66.9 Å². The van der Waals surface area contributed by atoms with E-state index in [1.54, 1.807) is 12.1 Å². The summed E-state index contributed by atoms with van der Waals surface area (Å²) in [7, 11) is 0. The Labute approximate surface area is 128 Å². The van der Waals surface area contributed by atoms with Crippen LogP contribution >= 0.6 is 15.9 Å². The molecule has 2 aromatic carbocycles. The lowest BCUT2D eigenvalue weighted by atomic mass is 9.94. The molecule has 0 saturated carbocycles. The van der Waals surface area contributed by atoms with Gasteiger partial charge in [-0.3, -0.25) is 0 Å². The zero-order chi connectivity index (χ0) is 14.7. The molecule has 0 aliphatic rings. The third-order valence-corrected chi connectivity index (χ3v) is 3.84. The van der Waals surface area contributed by atoms with Gasteiger partial charge >= 0.3 is 0 Å². The molecule has 2 aromatic rings. The van der Waals surface area contributed by atoms with Crippen molar-refractivity contribution in [2.75, 3.05) is 6.54 Å². The molecule has 0 radical (unpaired) electrons. The standard InChI is InChI=1S/C17H19BrFN/c1-4-20-17(13-7-11(2)8-15(19)10-13)16-6-5-14(18)9-12(16)3/h5-10,17,20H,4H2,1-3H3. The predicted molar refractivity (Wildman–Crippen MR) is 85.5 cm³/mol. The van der Waals surface area contributed by atoms with Gasteiger partial charge in [0.1, 0.15) is 5.82 Å². The number of benzene rings is 2. The van der Waals surface area contributed by atoms with Crippen LogP contribution in [-0.2, 0) is 0 Å². The van der Waals surface area contributed by atoms with Crippen molar-refractivity contribution in [2.24, 2.45) is 0 Å². The maximum atomic E-state index is 13.7. The van der Waals surface area contributed by atoms with Crippen LogP contribution in [0.5, 0.6) is 0 Å². The van der Waals surface area contributed by atoms with Gasteiger partial charge in [0.25, 0.3) is 0 Å². The third kappa shape index (κ3) is 3.47. The lowest BCUT2D eigenvalue weighted by Gasteiger charge is -2.21. The van der Waals surface area contributed by atoms with E-state index in [2.05, 4.69) is 47.2 Å². The minimum Gasteiger partial charge on any atom is -0.307 e. The van der Waals surface area contributed by atoms with E-state index in [4.69, 9.17) is 0 Å². The van der Waals surface area contributed by atoms with Gasteiger partial charge in [-0.2, -0.15) is 0 Å². The van der Waals surface area contributed by atoms with Crippen molar-refractivity contribution in [3.05, 3.63) is 68.9 Å². The Bertz CT molecular complexity index is 590. The minimum absolute atomic E-state index is 0.0162. The van der Waals surface area contributed by atoms with Crippen LogP contribution in [0.15, 0.2) is 40.9 Å². The Morgan fingerprint density at radius 3 is 2.50 bits per heavy atom. The van der Waals surface area contributed by atoms with Crippen molar-refractivity contribution in [2.45, 2.75) is 26.8 Å². The van der Waals surface area contributed by atoms with Gasteiger partial charge in [0.2, 0.25) is 0 Å². The molecule has 0 aliphatic heterocycles. The van der Waals surface area contributed by atoms with E-state index in [0.29, 0.717) is 0 Å². The molecule has 1 N–H and O–H groups in total. The molecule has 3 heteroatoms. The zero-order valence-electron chi connectivity index (χ0n) is 12.0. The largest absolute Gasteiger partial charge is 0.307 e. The van der Waals surface area contributed by atoms with Crippen molar-refractivity contribution in [3.8, 4) is 0 Å². The number of hydrogen-bond acceptors (Lipinski definition) is 1. The summed E-state index contributed by atoms with van der Waals surface area (Å²) >= 11 is 3.48. The third-order valence-electron chi connectivity index (χ3n) is 3.35. The smallest absolute Gasteiger partial charge is 0.123 e. The molecule has 0 saturated heterocycles. The molecule has 2 rings (SSSR count).